The van der Waals surface area contributed by atoms with Gasteiger partial charge in [-0.05, 0) is 29.7 Å². The van der Waals surface area contributed by atoms with E-state index in [2.05, 4.69) is 29.5 Å². The summed E-state index contributed by atoms with van der Waals surface area (Å²) in [5, 5.41) is 7.32. The van der Waals surface area contributed by atoms with Gasteiger partial charge < -0.3 is 10.6 Å². The predicted molar refractivity (Wildman–Crippen MR) is 104 cm³/mol. The molecule has 1 aromatic heterocycles. The number of hydrogen-bond acceptors (Lipinski definition) is 2. The molecule has 0 unspecified atom stereocenters. The van der Waals surface area contributed by atoms with E-state index in [9.17, 15) is 4.79 Å². The smallest absolute Gasteiger partial charge is 0.319 e. The Kier molecular flexibility index (Phi) is 5.19. The molecule has 0 aliphatic rings. The molecule has 0 aliphatic heterocycles. The molecule has 0 aliphatic carbocycles. The fourth-order valence-corrected chi connectivity index (χ4v) is 2.81. The summed E-state index contributed by atoms with van der Waals surface area (Å²) in [7, 11) is 0. The lowest BCUT2D eigenvalue weighted by molar-refractivity contribution is 0.251. The molecule has 0 saturated heterocycles. The molecule has 0 fully saturated rings. The third-order valence-corrected chi connectivity index (χ3v) is 4.05. The number of carbonyl (C=O) groups is 1. The van der Waals surface area contributed by atoms with Crippen LogP contribution in [0.4, 0.5) is 10.5 Å². The van der Waals surface area contributed by atoms with Crippen LogP contribution in [0, 0.1) is 5.92 Å². The molecule has 0 spiro atoms. The topological polar surface area (TPSA) is 54.0 Å². The maximum absolute atomic E-state index is 12.2. The van der Waals surface area contributed by atoms with Crippen molar-refractivity contribution in [3.63, 3.8) is 0 Å². The molecular formula is C20H20ClN3O. The molecule has 128 valence electrons. The van der Waals surface area contributed by atoms with Crippen molar-refractivity contribution >= 4 is 34.2 Å². The Bertz CT molecular complexity index is 894. The van der Waals surface area contributed by atoms with E-state index in [0.29, 0.717) is 23.2 Å². The normalized spacial score (nSPS) is 10.9. The van der Waals surface area contributed by atoms with Gasteiger partial charge in [-0.15, -0.1) is 0 Å². The second-order valence-corrected chi connectivity index (χ2v) is 6.74. The number of carbonyl (C=O) groups excluding carboxylic acids is 1. The van der Waals surface area contributed by atoms with Crippen molar-refractivity contribution < 1.29 is 4.79 Å². The Balaban J connectivity index is 2.07. The number of halogens is 1. The van der Waals surface area contributed by atoms with E-state index in [0.717, 1.165) is 22.0 Å². The van der Waals surface area contributed by atoms with Gasteiger partial charge in [0.25, 0.3) is 0 Å². The molecular weight excluding hydrogens is 334 g/mol. The van der Waals surface area contributed by atoms with Gasteiger partial charge in [-0.25, -0.2) is 4.79 Å². The minimum Gasteiger partial charge on any atom is -0.338 e. The molecule has 4 nitrogen and oxygen atoms in total. The van der Waals surface area contributed by atoms with Crippen molar-refractivity contribution in [1.82, 2.24) is 10.3 Å². The first kappa shape index (κ1) is 17.2. The summed E-state index contributed by atoms with van der Waals surface area (Å²) >= 11 is 6.19. The first-order chi connectivity index (χ1) is 12.0. The number of amides is 2. The van der Waals surface area contributed by atoms with Crippen molar-refractivity contribution in [3.05, 3.63) is 59.8 Å². The second-order valence-electron chi connectivity index (χ2n) is 6.30. The standard InChI is InChI=1S/C20H20ClN3O/c1-13(2)11-23-20(25)24-18-12-22-17-9-8-15(21)10-16(17)19(18)14-6-4-3-5-7-14/h3-10,12-13H,11H2,1-2H3,(H2,23,24,25). The van der Waals surface area contributed by atoms with Crippen LogP contribution in [0.1, 0.15) is 13.8 Å². The van der Waals surface area contributed by atoms with Crippen molar-refractivity contribution in [2.75, 3.05) is 11.9 Å². The van der Waals surface area contributed by atoms with E-state index in [4.69, 9.17) is 11.6 Å². The van der Waals surface area contributed by atoms with Crippen LogP contribution in [-0.2, 0) is 0 Å². The van der Waals surface area contributed by atoms with E-state index >= 15 is 0 Å². The summed E-state index contributed by atoms with van der Waals surface area (Å²) in [5.41, 5.74) is 3.39. The van der Waals surface area contributed by atoms with Gasteiger partial charge in [-0.2, -0.15) is 0 Å². The molecule has 0 bridgehead atoms. The van der Waals surface area contributed by atoms with E-state index in [-0.39, 0.29) is 6.03 Å². The number of aromatic nitrogens is 1. The van der Waals surface area contributed by atoms with Gasteiger partial charge in [0.2, 0.25) is 0 Å². The van der Waals surface area contributed by atoms with Crippen LogP contribution in [0.5, 0.6) is 0 Å². The highest BCUT2D eigenvalue weighted by atomic mass is 35.5. The minimum atomic E-state index is -0.242. The highest BCUT2D eigenvalue weighted by molar-refractivity contribution is 6.31. The molecule has 3 rings (SSSR count). The summed E-state index contributed by atoms with van der Waals surface area (Å²) in [5.74, 6) is 0.382. The Labute approximate surface area is 152 Å². The number of urea groups is 1. The zero-order chi connectivity index (χ0) is 17.8. The fourth-order valence-electron chi connectivity index (χ4n) is 2.64. The molecule has 1 heterocycles. The summed E-state index contributed by atoms with van der Waals surface area (Å²) in [6.45, 7) is 4.71. The van der Waals surface area contributed by atoms with Gasteiger partial charge in [0.05, 0.1) is 17.4 Å². The lowest BCUT2D eigenvalue weighted by atomic mass is 9.99. The summed E-state index contributed by atoms with van der Waals surface area (Å²) in [6.07, 6.45) is 1.69. The number of fused-ring (bicyclic) bond motifs is 1. The van der Waals surface area contributed by atoms with Gasteiger partial charge in [0, 0.05) is 22.5 Å². The third kappa shape index (κ3) is 4.09. The second kappa shape index (κ2) is 7.53. The van der Waals surface area contributed by atoms with Gasteiger partial charge in [0.15, 0.2) is 0 Å². The Morgan fingerprint density at radius 3 is 2.64 bits per heavy atom. The zero-order valence-corrected chi connectivity index (χ0v) is 15.0. The number of benzene rings is 2. The van der Waals surface area contributed by atoms with Crippen LogP contribution >= 0.6 is 11.6 Å². The van der Waals surface area contributed by atoms with E-state index in [1.165, 1.54) is 0 Å². The highest BCUT2D eigenvalue weighted by Gasteiger charge is 2.14. The molecule has 5 heteroatoms. The SMILES string of the molecule is CC(C)CNC(=O)Nc1cnc2ccc(Cl)cc2c1-c1ccccc1. The Morgan fingerprint density at radius 1 is 1.16 bits per heavy atom. The molecule has 3 aromatic rings. The predicted octanol–water partition coefficient (Wildman–Crippen LogP) is 5.33. The molecule has 2 aromatic carbocycles. The van der Waals surface area contributed by atoms with E-state index < -0.39 is 0 Å². The third-order valence-electron chi connectivity index (χ3n) is 3.81. The highest BCUT2D eigenvalue weighted by Crippen LogP contribution is 2.35. The van der Waals surface area contributed by atoms with Crippen LogP contribution in [0.2, 0.25) is 5.02 Å². The zero-order valence-electron chi connectivity index (χ0n) is 14.2. The number of anilines is 1. The van der Waals surface area contributed by atoms with E-state index in [1.807, 2.05) is 48.5 Å². The Hall–Kier alpha value is -2.59. The molecule has 0 saturated carbocycles. The van der Waals surface area contributed by atoms with Gasteiger partial charge in [0.1, 0.15) is 0 Å². The molecule has 0 radical (unpaired) electrons. The van der Waals surface area contributed by atoms with Crippen molar-refractivity contribution in [2.45, 2.75) is 13.8 Å². The lowest BCUT2D eigenvalue weighted by Crippen LogP contribution is -2.31. The maximum atomic E-state index is 12.2. The largest absolute Gasteiger partial charge is 0.338 e. The maximum Gasteiger partial charge on any atom is 0.319 e. The average Bonchev–Trinajstić information content (AvgIpc) is 2.60. The van der Waals surface area contributed by atoms with Crippen molar-refractivity contribution in [2.24, 2.45) is 5.92 Å². The van der Waals surface area contributed by atoms with Crippen LogP contribution < -0.4 is 10.6 Å². The summed E-state index contributed by atoms with van der Waals surface area (Å²) in [6, 6.07) is 15.2. The molecule has 0 atom stereocenters. The quantitative estimate of drug-likeness (QED) is 0.665. The molecule has 25 heavy (non-hydrogen) atoms. The fraction of sp³-hybridized carbons (Fsp3) is 0.200. The van der Waals surface area contributed by atoms with Crippen LogP contribution in [0.25, 0.3) is 22.0 Å². The first-order valence-electron chi connectivity index (χ1n) is 8.23. The number of rotatable bonds is 4. The van der Waals surface area contributed by atoms with Gasteiger partial charge >= 0.3 is 6.03 Å². The molecule has 2 amide bonds. The Morgan fingerprint density at radius 2 is 1.92 bits per heavy atom. The van der Waals surface area contributed by atoms with Crippen LogP contribution in [-0.4, -0.2) is 17.6 Å². The van der Waals surface area contributed by atoms with Crippen LogP contribution in [0.3, 0.4) is 0 Å². The minimum absolute atomic E-state index is 0.242. The van der Waals surface area contributed by atoms with Gasteiger partial charge in [-0.1, -0.05) is 55.8 Å². The molecule has 2 N–H and O–H groups in total. The van der Waals surface area contributed by atoms with Crippen molar-refractivity contribution in [1.29, 1.82) is 0 Å². The number of pyridine rings is 1. The lowest BCUT2D eigenvalue weighted by Gasteiger charge is -2.15. The number of nitrogens with one attached hydrogen (secondary N) is 2. The van der Waals surface area contributed by atoms with Crippen LogP contribution in [0.15, 0.2) is 54.7 Å². The number of nitrogens with zero attached hydrogens (tertiary/aromatic N) is 1. The first-order valence-corrected chi connectivity index (χ1v) is 8.61. The summed E-state index contributed by atoms with van der Waals surface area (Å²) in [4.78, 5) is 16.7. The van der Waals surface area contributed by atoms with Crippen molar-refractivity contribution in [3.8, 4) is 11.1 Å². The average molecular weight is 354 g/mol. The summed E-state index contributed by atoms with van der Waals surface area (Å²) < 4.78 is 0. The van der Waals surface area contributed by atoms with Gasteiger partial charge in [-0.3, -0.25) is 4.98 Å². The van der Waals surface area contributed by atoms with E-state index in [1.54, 1.807) is 6.20 Å². The number of hydrogen-bond donors (Lipinski definition) is 2. The monoisotopic (exact) mass is 353 g/mol.